The molecule has 6 nitrogen and oxygen atoms in total. The largest absolute Gasteiger partial charge is 0.385 e. The smallest absolute Gasteiger partial charge is 0.267 e. The Morgan fingerprint density at radius 2 is 2.12 bits per heavy atom. The summed E-state index contributed by atoms with van der Waals surface area (Å²) in [4.78, 5) is 25.1. The van der Waals surface area contributed by atoms with Crippen LogP contribution in [0.25, 0.3) is 0 Å². The van der Waals surface area contributed by atoms with E-state index >= 15 is 0 Å². The van der Waals surface area contributed by atoms with Crippen LogP contribution in [-0.4, -0.2) is 23.3 Å². The number of aromatic nitrogens is 1. The molecule has 0 aliphatic carbocycles. The third-order valence-corrected chi connectivity index (χ3v) is 1.94. The Kier molecular flexibility index (Phi) is 4.26. The maximum absolute atomic E-state index is 10.8. The number of rotatable bonds is 6. The molecule has 0 aliphatic heterocycles. The average molecular weight is 222 g/mol. The molecule has 0 fully saturated rings. The van der Waals surface area contributed by atoms with Gasteiger partial charge in [-0.05, 0) is 18.6 Å². The number of nitrogens with one attached hydrogen (secondary N) is 1. The molecule has 0 bridgehead atoms. The second kappa shape index (κ2) is 5.69. The van der Waals surface area contributed by atoms with E-state index in [9.17, 15) is 9.59 Å². The molecule has 1 aromatic heterocycles. The maximum Gasteiger partial charge on any atom is 0.267 e. The van der Waals surface area contributed by atoms with Crippen molar-refractivity contribution in [3.63, 3.8) is 0 Å². The number of carbonyl (C=O) groups is 2. The first-order chi connectivity index (χ1) is 7.59. The van der Waals surface area contributed by atoms with Crippen molar-refractivity contribution in [2.24, 2.45) is 11.5 Å². The van der Waals surface area contributed by atoms with E-state index in [0.29, 0.717) is 19.4 Å². The third kappa shape index (κ3) is 3.95. The second-order valence-electron chi connectivity index (χ2n) is 3.29. The summed E-state index contributed by atoms with van der Waals surface area (Å²) in [6, 6.07) is 3.28. The summed E-state index contributed by atoms with van der Waals surface area (Å²) < 4.78 is 0. The molecule has 1 heterocycles. The molecular weight excluding hydrogens is 208 g/mol. The van der Waals surface area contributed by atoms with Crippen molar-refractivity contribution >= 4 is 17.5 Å². The summed E-state index contributed by atoms with van der Waals surface area (Å²) in [6.07, 6.45) is 2.47. The van der Waals surface area contributed by atoms with Crippen LogP contribution in [0.4, 0.5) is 5.69 Å². The molecule has 0 spiro atoms. The van der Waals surface area contributed by atoms with E-state index in [1.807, 2.05) is 0 Å². The van der Waals surface area contributed by atoms with Crippen LogP contribution in [-0.2, 0) is 4.79 Å². The Hall–Kier alpha value is -2.11. The van der Waals surface area contributed by atoms with Gasteiger partial charge in [0.15, 0.2) is 0 Å². The van der Waals surface area contributed by atoms with E-state index in [2.05, 4.69) is 10.3 Å². The third-order valence-electron chi connectivity index (χ3n) is 1.94. The van der Waals surface area contributed by atoms with Gasteiger partial charge in [-0.2, -0.15) is 0 Å². The zero-order valence-electron chi connectivity index (χ0n) is 8.77. The van der Waals surface area contributed by atoms with E-state index < -0.39 is 5.91 Å². The lowest BCUT2D eigenvalue weighted by atomic mass is 10.2. The molecule has 1 rings (SSSR count). The van der Waals surface area contributed by atoms with Crippen LogP contribution in [0.1, 0.15) is 23.3 Å². The Labute approximate surface area is 93.0 Å². The molecule has 1 aromatic rings. The quantitative estimate of drug-likeness (QED) is 0.581. The predicted molar refractivity (Wildman–Crippen MR) is 59.7 cm³/mol. The van der Waals surface area contributed by atoms with E-state index in [4.69, 9.17) is 11.5 Å². The molecule has 0 aliphatic rings. The first-order valence-corrected chi connectivity index (χ1v) is 4.87. The molecule has 0 saturated heterocycles. The fourth-order valence-electron chi connectivity index (χ4n) is 1.17. The number of hydrogen-bond donors (Lipinski definition) is 3. The lowest BCUT2D eigenvalue weighted by Gasteiger charge is -2.05. The molecule has 5 N–H and O–H groups in total. The highest BCUT2D eigenvalue weighted by molar-refractivity contribution is 5.91. The van der Waals surface area contributed by atoms with Crippen LogP contribution in [0.15, 0.2) is 18.3 Å². The van der Waals surface area contributed by atoms with Gasteiger partial charge in [-0.15, -0.1) is 0 Å². The normalized spacial score (nSPS) is 9.75. The zero-order chi connectivity index (χ0) is 12.0. The van der Waals surface area contributed by atoms with Gasteiger partial charge in [0.2, 0.25) is 5.91 Å². The number of amides is 2. The highest BCUT2D eigenvalue weighted by atomic mass is 16.1. The lowest BCUT2D eigenvalue weighted by molar-refractivity contribution is -0.118. The Morgan fingerprint density at radius 3 is 2.75 bits per heavy atom. The molecule has 0 saturated carbocycles. The van der Waals surface area contributed by atoms with E-state index in [0.717, 1.165) is 5.69 Å². The maximum atomic E-state index is 10.8. The van der Waals surface area contributed by atoms with Crippen molar-refractivity contribution in [2.45, 2.75) is 12.8 Å². The van der Waals surface area contributed by atoms with Gasteiger partial charge in [-0.3, -0.25) is 14.6 Å². The fraction of sp³-hybridized carbons (Fsp3) is 0.300. The van der Waals surface area contributed by atoms with Crippen LogP contribution in [0.2, 0.25) is 0 Å². The number of nitrogens with zero attached hydrogens (tertiary/aromatic N) is 1. The molecule has 0 aromatic carbocycles. The predicted octanol–water partition coefficient (Wildman–Crippen LogP) is -0.142. The van der Waals surface area contributed by atoms with Gasteiger partial charge < -0.3 is 16.8 Å². The van der Waals surface area contributed by atoms with Gasteiger partial charge in [0.1, 0.15) is 5.69 Å². The second-order valence-corrected chi connectivity index (χ2v) is 3.29. The molecule has 0 unspecified atom stereocenters. The first kappa shape index (κ1) is 12.0. The van der Waals surface area contributed by atoms with Crippen molar-refractivity contribution in [3.8, 4) is 0 Å². The number of primary amides is 2. The SMILES string of the molecule is NC(=O)CCCNc1ccnc(C(N)=O)c1. The average Bonchev–Trinajstić information content (AvgIpc) is 2.24. The van der Waals surface area contributed by atoms with Crippen molar-refractivity contribution in [1.82, 2.24) is 4.98 Å². The number of nitrogens with two attached hydrogens (primary N) is 2. The fourth-order valence-corrected chi connectivity index (χ4v) is 1.17. The van der Waals surface area contributed by atoms with Crippen LogP contribution in [0.5, 0.6) is 0 Å². The van der Waals surface area contributed by atoms with Crippen LogP contribution < -0.4 is 16.8 Å². The minimum Gasteiger partial charge on any atom is -0.385 e. The molecule has 0 radical (unpaired) electrons. The van der Waals surface area contributed by atoms with Crippen molar-refractivity contribution < 1.29 is 9.59 Å². The Bertz CT molecular complexity index is 392. The molecule has 2 amide bonds. The van der Waals surface area contributed by atoms with Gasteiger partial charge in [0.25, 0.3) is 5.91 Å². The van der Waals surface area contributed by atoms with Crippen molar-refractivity contribution in [2.75, 3.05) is 11.9 Å². The van der Waals surface area contributed by atoms with E-state index in [-0.39, 0.29) is 11.6 Å². The number of hydrogen-bond acceptors (Lipinski definition) is 4. The van der Waals surface area contributed by atoms with Crippen molar-refractivity contribution in [1.29, 1.82) is 0 Å². The number of anilines is 1. The van der Waals surface area contributed by atoms with E-state index in [1.165, 1.54) is 6.20 Å². The summed E-state index contributed by atoms with van der Waals surface area (Å²) in [7, 11) is 0. The Morgan fingerprint density at radius 1 is 1.38 bits per heavy atom. The van der Waals surface area contributed by atoms with Gasteiger partial charge in [0.05, 0.1) is 0 Å². The minimum absolute atomic E-state index is 0.208. The van der Waals surface area contributed by atoms with Gasteiger partial charge in [0, 0.05) is 24.8 Å². The summed E-state index contributed by atoms with van der Waals surface area (Å²) in [5, 5.41) is 3.04. The zero-order valence-corrected chi connectivity index (χ0v) is 8.77. The van der Waals surface area contributed by atoms with E-state index in [1.54, 1.807) is 12.1 Å². The molecule has 86 valence electrons. The number of carbonyl (C=O) groups excluding carboxylic acids is 2. The van der Waals surface area contributed by atoms with Crippen LogP contribution in [0, 0.1) is 0 Å². The monoisotopic (exact) mass is 222 g/mol. The molecule has 0 atom stereocenters. The highest BCUT2D eigenvalue weighted by Crippen LogP contribution is 2.07. The first-order valence-electron chi connectivity index (χ1n) is 4.87. The molecule has 16 heavy (non-hydrogen) atoms. The molecule has 6 heteroatoms. The Balaban J connectivity index is 2.45. The summed E-state index contributed by atoms with van der Waals surface area (Å²) in [6.45, 7) is 0.602. The summed E-state index contributed by atoms with van der Waals surface area (Å²) in [5.74, 6) is -0.893. The topological polar surface area (TPSA) is 111 Å². The lowest BCUT2D eigenvalue weighted by Crippen LogP contribution is -2.14. The van der Waals surface area contributed by atoms with Crippen LogP contribution in [0.3, 0.4) is 0 Å². The van der Waals surface area contributed by atoms with Crippen LogP contribution >= 0.6 is 0 Å². The molecular formula is C10H14N4O2. The summed E-state index contributed by atoms with van der Waals surface area (Å²) >= 11 is 0. The number of pyridine rings is 1. The minimum atomic E-state index is -0.569. The van der Waals surface area contributed by atoms with Gasteiger partial charge in [-0.1, -0.05) is 0 Å². The standard InChI is InChI=1S/C10H14N4O2/c11-9(15)2-1-4-13-7-3-5-14-8(6-7)10(12)16/h3,5-6H,1-2,4H2,(H2,11,15)(H2,12,16)(H,13,14). The van der Waals surface area contributed by atoms with Crippen molar-refractivity contribution in [3.05, 3.63) is 24.0 Å². The highest BCUT2D eigenvalue weighted by Gasteiger charge is 2.02. The summed E-state index contributed by atoms with van der Waals surface area (Å²) in [5.41, 5.74) is 11.0. The van der Waals surface area contributed by atoms with Gasteiger partial charge in [-0.25, -0.2) is 0 Å². The van der Waals surface area contributed by atoms with Gasteiger partial charge >= 0.3 is 0 Å².